The summed E-state index contributed by atoms with van der Waals surface area (Å²) >= 11 is 9.36. The molecular formula is C17H18BrClFN. The Balaban J connectivity index is 2.09. The maximum absolute atomic E-state index is 13.2. The molecular weight excluding hydrogens is 353 g/mol. The Labute approximate surface area is 138 Å². The lowest BCUT2D eigenvalue weighted by atomic mass is 9.92. The summed E-state index contributed by atoms with van der Waals surface area (Å²) in [7, 11) is 1.95. The van der Waals surface area contributed by atoms with Crippen LogP contribution in [0.15, 0.2) is 46.9 Å². The number of rotatable bonds is 6. The fourth-order valence-electron chi connectivity index (χ4n) is 2.46. The Morgan fingerprint density at radius 1 is 1.14 bits per heavy atom. The van der Waals surface area contributed by atoms with Crippen molar-refractivity contribution in [1.29, 1.82) is 0 Å². The Morgan fingerprint density at radius 2 is 1.86 bits per heavy atom. The van der Waals surface area contributed by atoms with Crippen LogP contribution in [0.1, 0.15) is 11.1 Å². The average molecular weight is 371 g/mol. The molecule has 1 unspecified atom stereocenters. The van der Waals surface area contributed by atoms with Gasteiger partial charge in [0.05, 0.1) is 0 Å². The average Bonchev–Trinajstić information content (AvgIpc) is 2.44. The molecule has 0 radical (unpaired) electrons. The van der Waals surface area contributed by atoms with Crippen LogP contribution in [0.4, 0.5) is 4.39 Å². The standard InChI is InChI=1S/C17H18BrClFN/c1-21-11-13(8-12-2-5-15(19)6-3-12)9-14-4-7-16(20)10-17(14)18/h2-7,10,13,21H,8-9,11H2,1H3. The molecule has 0 spiro atoms. The normalized spacial score (nSPS) is 12.4. The lowest BCUT2D eigenvalue weighted by molar-refractivity contribution is 0.492. The highest BCUT2D eigenvalue weighted by Gasteiger charge is 2.12. The van der Waals surface area contributed by atoms with E-state index in [0.717, 1.165) is 34.4 Å². The van der Waals surface area contributed by atoms with Gasteiger partial charge < -0.3 is 5.32 Å². The zero-order valence-electron chi connectivity index (χ0n) is 11.9. The van der Waals surface area contributed by atoms with E-state index in [1.54, 1.807) is 0 Å². The van der Waals surface area contributed by atoms with Crippen LogP contribution in [0, 0.1) is 11.7 Å². The van der Waals surface area contributed by atoms with Crippen molar-refractivity contribution in [1.82, 2.24) is 5.32 Å². The summed E-state index contributed by atoms with van der Waals surface area (Å²) in [6, 6.07) is 12.8. The fraction of sp³-hybridized carbons (Fsp3) is 0.294. The van der Waals surface area contributed by atoms with Gasteiger partial charge in [0.1, 0.15) is 5.82 Å². The minimum Gasteiger partial charge on any atom is -0.319 e. The molecule has 0 bridgehead atoms. The molecule has 112 valence electrons. The van der Waals surface area contributed by atoms with Crippen molar-refractivity contribution >= 4 is 27.5 Å². The first-order chi connectivity index (χ1) is 10.1. The van der Waals surface area contributed by atoms with Crippen LogP contribution in [0.2, 0.25) is 5.02 Å². The Morgan fingerprint density at radius 3 is 2.48 bits per heavy atom. The van der Waals surface area contributed by atoms with Crippen molar-refractivity contribution < 1.29 is 4.39 Å². The van der Waals surface area contributed by atoms with Crippen molar-refractivity contribution in [3.8, 4) is 0 Å². The second-order valence-corrected chi connectivity index (χ2v) is 6.48. The van der Waals surface area contributed by atoms with E-state index in [-0.39, 0.29) is 5.82 Å². The molecule has 1 N–H and O–H groups in total. The predicted octanol–water partition coefficient (Wildman–Crippen LogP) is 4.86. The van der Waals surface area contributed by atoms with E-state index in [2.05, 4.69) is 33.4 Å². The van der Waals surface area contributed by atoms with Gasteiger partial charge in [0.2, 0.25) is 0 Å². The van der Waals surface area contributed by atoms with Crippen LogP contribution in [-0.4, -0.2) is 13.6 Å². The highest BCUT2D eigenvalue weighted by atomic mass is 79.9. The third-order valence-electron chi connectivity index (χ3n) is 3.45. The topological polar surface area (TPSA) is 12.0 Å². The first-order valence-corrected chi connectivity index (χ1v) is 8.08. The molecule has 0 heterocycles. The number of benzene rings is 2. The summed E-state index contributed by atoms with van der Waals surface area (Å²) < 4.78 is 14.0. The predicted molar refractivity (Wildman–Crippen MR) is 90.4 cm³/mol. The molecule has 2 rings (SSSR count). The van der Waals surface area contributed by atoms with E-state index in [1.165, 1.54) is 17.7 Å². The molecule has 1 nitrogen and oxygen atoms in total. The molecule has 0 saturated carbocycles. The van der Waals surface area contributed by atoms with Crippen LogP contribution in [0.5, 0.6) is 0 Å². The fourth-order valence-corrected chi connectivity index (χ4v) is 3.10. The summed E-state index contributed by atoms with van der Waals surface area (Å²) in [5.41, 5.74) is 2.39. The number of halogens is 3. The maximum atomic E-state index is 13.2. The van der Waals surface area contributed by atoms with Gasteiger partial charge in [0, 0.05) is 9.50 Å². The maximum Gasteiger partial charge on any atom is 0.124 e. The number of nitrogens with one attached hydrogen (secondary N) is 1. The van der Waals surface area contributed by atoms with Crippen molar-refractivity contribution in [2.75, 3.05) is 13.6 Å². The highest BCUT2D eigenvalue weighted by Crippen LogP contribution is 2.23. The van der Waals surface area contributed by atoms with Gasteiger partial charge in [-0.15, -0.1) is 0 Å². The highest BCUT2D eigenvalue weighted by molar-refractivity contribution is 9.10. The third kappa shape index (κ3) is 5.10. The zero-order valence-corrected chi connectivity index (χ0v) is 14.2. The zero-order chi connectivity index (χ0) is 15.2. The van der Waals surface area contributed by atoms with Gasteiger partial charge in [0.15, 0.2) is 0 Å². The third-order valence-corrected chi connectivity index (χ3v) is 4.44. The van der Waals surface area contributed by atoms with Crippen LogP contribution < -0.4 is 5.32 Å². The minimum atomic E-state index is -0.214. The minimum absolute atomic E-state index is 0.214. The summed E-state index contributed by atoms with van der Waals surface area (Å²) in [6.45, 7) is 0.909. The largest absolute Gasteiger partial charge is 0.319 e. The van der Waals surface area contributed by atoms with E-state index >= 15 is 0 Å². The molecule has 0 aromatic heterocycles. The van der Waals surface area contributed by atoms with Crippen molar-refractivity contribution in [2.24, 2.45) is 5.92 Å². The first-order valence-electron chi connectivity index (χ1n) is 6.91. The molecule has 0 aliphatic rings. The van der Waals surface area contributed by atoms with Crippen molar-refractivity contribution in [3.63, 3.8) is 0 Å². The lowest BCUT2D eigenvalue weighted by Crippen LogP contribution is -2.23. The van der Waals surface area contributed by atoms with Crippen LogP contribution in [0.25, 0.3) is 0 Å². The monoisotopic (exact) mass is 369 g/mol. The Bertz CT molecular complexity index is 586. The van der Waals surface area contributed by atoms with Crippen LogP contribution in [-0.2, 0) is 12.8 Å². The molecule has 0 aliphatic carbocycles. The molecule has 1 atom stereocenters. The van der Waals surface area contributed by atoms with E-state index in [4.69, 9.17) is 11.6 Å². The van der Waals surface area contributed by atoms with Crippen LogP contribution >= 0.6 is 27.5 Å². The summed E-state index contributed by atoms with van der Waals surface area (Å²) in [4.78, 5) is 0. The molecule has 0 aliphatic heterocycles. The summed E-state index contributed by atoms with van der Waals surface area (Å²) in [5, 5.41) is 3.99. The molecule has 2 aromatic carbocycles. The van der Waals surface area contributed by atoms with E-state index in [0.29, 0.717) is 5.92 Å². The summed E-state index contributed by atoms with van der Waals surface area (Å²) in [6.07, 6.45) is 1.85. The molecule has 0 fully saturated rings. The number of hydrogen-bond donors (Lipinski definition) is 1. The van der Waals surface area contributed by atoms with Gasteiger partial charge in [-0.05, 0) is 67.7 Å². The Hall–Kier alpha value is -0.900. The quantitative estimate of drug-likeness (QED) is 0.765. The van der Waals surface area contributed by atoms with Gasteiger partial charge in [-0.2, -0.15) is 0 Å². The smallest absolute Gasteiger partial charge is 0.124 e. The molecule has 4 heteroatoms. The molecule has 0 amide bonds. The van der Waals surface area contributed by atoms with Gasteiger partial charge in [0.25, 0.3) is 0 Å². The first kappa shape index (κ1) is 16.5. The second-order valence-electron chi connectivity index (χ2n) is 5.19. The SMILES string of the molecule is CNCC(Cc1ccc(Cl)cc1)Cc1ccc(F)cc1Br. The van der Waals surface area contributed by atoms with Crippen molar-refractivity contribution in [3.05, 3.63) is 68.9 Å². The lowest BCUT2D eigenvalue weighted by Gasteiger charge is -2.18. The van der Waals surface area contributed by atoms with Gasteiger partial charge in [-0.3, -0.25) is 0 Å². The van der Waals surface area contributed by atoms with Crippen LogP contribution in [0.3, 0.4) is 0 Å². The van der Waals surface area contributed by atoms with Gasteiger partial charge in [-0.25, -0.2) is 4.39 Å². The Kier molecular flexibility index (Phi) is 6.22. The summed E-state index contributed by atoms with van der Waals surface area (Å²) in [5.74, 6) is 0.228. The molecule has 21 heavy (non-hydrogen) atoms. The van der Waals surface area contributed by atoms with Gasteiger partial charge >= 0.3 is 0 Å². The van der Waals surface area contributed by atoms with E-state index in [9.17, 15) is 4.39 Å². The van der Waals surface area contributed by atoms with Crippen molar-refractivity contribution in [2.45, 2.75) is 12.8 Å². The number of hydrogen-bond acceptors (Lipinski definition) is 1. The van der Waals surface area contributed by atoms with Gasteiger partial charge in [-0.1, -0.05) is 45.7 Å². The molecule has 0 saturated heterocycles. The second kappa shape index (κ2) is 7.92. The molecule has 2 aromatic rings. The van der Waals surface area contributed by atoms with E-state index < -0.39 is 0 Å². The van der Waals surface area contributed by atoms with E-state index in [1.807, 2.05) is 25.2 Å².